The van der Waals surface area contributed by atoms with E-state index in [2.05, 4.69) is 28.6 Å². The van der Waals surface area contributed by atoms with Gasteiger partial charge in [0.2, 0.25) is 5.91 Å². The summed E-state index contributed by atoms with van der Waals surface area (Å²) in [5.41, 5.74) is 4.83. The molecular formula is C40H48N2O12. The molecule has 0 saturated carbocycles. The number of hydrogen-bond acceptors (Lipinski definition) is 13. The van der Waals surface area contributed by atoms with Crippen molar-refractivity contribution in [3.63, 3.8) is 0 Å². The van der Waals surface area contributed by atoms with Gasteiger partial charge >= 0.3 is 0 Å². The number of carbonyl (C=O) groups excluding carboxylic acids is 1. The minimum Gasteiger partial charge on any atom is -0.396 e. The molecule has 2 aromatic carbocycles. The first-order valence-corrected chi connectivity index (χ1v) is 18.6. The topological polar surface area (TPSA) is 213 Å². The second-order valence-electron chi connectivity index (χ2n) is 14.7. The Balaban J connectivity index is 1.19. The summed E-state index contributed by atoms with van der Waals surface area (Å²) in [6.07, 6.45) is -11.7. The molecule has 1 amide bonds. The molecule has 14 heteroatoms. The molecule has 14 nitrogen and oxygen atoms in total. The van der Waals surface area contributed by atoms with Crippen LogP contribution in [0.1, 0.15) is 41.5 Å². The number of carbonyl (C=O) groups is 1. The summed E-state index contributed by atoms with van der Waals surface area (Å²) in [5, 5.41) is 81.3. The number of ether oxygens (including phenoxy) is 3. The van der Waals surface area contributed by atoms with Gasteiger partial charge in [0.15, 0.2) is 0 Å². The number of nitrogens with zero attached hydrogens (tertiary/aromatic N) is 2. The summed E-state index contributed by atoms with van der Waals surface area (Å²) >= 11 is 0. The van der Waals surface area contributed by atoms with Gasteiger partial charge in [-0.2, -0.15) is 0 Å². The van der Waals surface area contributed by atoms with Gasteiger partial charge in [-0.25, -0.2) is 0 Å². The van der Waals surface area contributed by atoms with Crippen LogP contribution in [0.5, 0.6) is 0 Å². The molecule has 0 unspecified atom stereocenters. The minimum absolute atomic E-state index is 0.0711. The number of benzene rings is 2. The summed E-state index contributed by atoms with van der Waals surface area (Å²) in [6.45, 7) is 3.20. The fourth-order valence-corrected chi connectivity index (χ4v) is 8.34. The molecule has 0 bridgehead atoms. The van der Waals surface area contributed by atoms with Gasteiger partial charge in [-0.1, -0.05) is 35.8 Å². The molecule has 0 aromatic heterocycles. The van der Waals surface area contributed by atoms with E-state index >= 15 is 0 Å². The molecule has 10 atom stereocenters. The Morgan fingerprint density at radius 3 is 1.74 bits per heavy atom. The van der Waals surface area contributed by atoms with Gasteiger partial charge in [-0.05, 0) is 65.8 Å². The lowest BCUT2D eigenvalue weighted by Crippen LogP contribution is -2.58. The van der Waals surface area contributed by atoms with E-state index in [1.54, 1.807) is 0 Å². The zero-order valence-electron chi connectivity index (χ0n) is 29.8. The third-order valence-corrected chi connectivity index (χ3v) is 11.5. The molecule has 2 aromatic rings. The number of amides is 1. The van der Waals surface area contributed by atoms with Crippen molar-refractivity contribution in [2.45, 2.75) is 85.7 Å². The molecule has 0 radical (unpaired) electrons. The Hall–Kier alpha value is -3.45. The molecule has 8 N–H and O–H groups in total. The van der Waals surface area contributed by atoms with E-state index in [1.807, 2.05) is 41.3 Å². The number of hydrogen-bond donors (Lipinski definition) is 8. The predicted octanol–water partition coefficient (Wildman–Crippen LogP) is -2.31. The van der Waals surface area contributed by atoms with Crippen molar-refractivity contribution in [1.82, 2.24) is 9.80 Å². The average Bonchev–Trinajstić information content (AvgIpc) is 3.44. The molecule has 4 aliphatic heterocycles. The number of aliphatic hydroxyl groups excluding tert-OH is 8. The van der Waals surface area contributed by atoms with Gasteiger partial charge in [-0.3, -0.25) is 9.69 Å². The van der Waals surface area contributed by atoms with Gasteiger partial charge in [0.25, 0.3) is 0 Å². The van der Waals surface area contributed by atoms with Crippen LogP contribution in [0.2, 0.25) is 0 Å². The van der Waals surface area contributed by atoms with Crippen LogP contribution in [0.3, 0.4) is 0 Å². The van der Waals surface area contributed by atoms with Crippen LogP contribution in [0, 0.1) is 23.7 Å². The van der Waals surface area contributed by atoms with Gasteiger partial charge in [0, 0.05) is 49.3 Å². The lowest BCUT2D eigenvalue weighted by molar-refractivity contribution is -0.214. The van der Waals surface area contributed by atoms with E-state index in [0.29, 0.717) is 69.9 Å². The van der Waals surface area contributed by atoms with Gasteiger partial charge in [0.1, 0.15) is 54.9 Å². The molecule has 1 aliphatic carbocycles. The Morgan fingerprint density at radius 2 is 1.22 bits per heavy atom. The number of fused-ring (bicyclic) bond motifs is 5. The lowest BCUT2D eigenvalue weighted by Gasteiger charge is -2.41. The van der Waals surface area contributed by atoms with Gasteiger partial charge in [0.05, 0.1) is 32.5 Å². The van der Waals surface area contributed by atoms with Crippen molar-refractivity contribution in [3.8, 4) is 34.8 Å². The summed E-state index contributed by atoms with van der Waals surface area (Å²) in [5.74, 6) is 12.0. The van der Waals surface area contributed by atoms with Crippen molar-refractivity contribution in [2.75, 3.05) is 59.2 Å². The highest BCUT2D eigenvalue weighted by molar-refractivity contribution is 5.83. The van der Waals surface area contributed by atoms with Crippen LogP contribution in [0.25, 0.3) is 11.1 Å². The number of likely N-dealkylation sites (tertiary alicyclic amines) is 1. The van der Waals surface area contributed by atoms with Crippen molar-refractivity contribution >= 4 is 5.91 Å². The van der Waals surface area contributed by atoms with Crippen LogP contribution in [-0.2, 0) is 24.4 Å². The maximum atomic E-state index is 13.4. The number of aliphatic hydroxyl groups is 8. The summed E-state index contributed by atoms with van der Waals surface area (Å²) in [4.78, 5) is 17.5. The highest BCUT2D eigenvalue weighted by atomic mass is 16.5. The van der Waals surface area contributed by atoms with Crippen LogP contribution in [-0.4, -0.2) is 177 Å². The first-order valence-electron chi connectivity index (χ1n) is 18.6. The first kappa shape index (κ1) is 38.8. The van der Waals surface area contributed by atoms with Crippen molar-refractivity contribution in [2.24, 2.45) is 0 Å². The third kappa shape index (κ3) is 7.43. The first-order chi connectivity index (χ1) is 26.0. The van der Waals surface area contributed by atoms with Crippen LogP contribution >= 0.6 is 0 Å². The molecule has 290 valence electrons. The summed E-state index contributed by atoms with van der Waals surface area (Å²) in [6, 6.07) is 11.7. The van der Waals surface area contributed by atoms with Crippen molar-refractivity contribution in [3.05, 3.63) is 58.7 Å². The van der Waals surface area contributed by atoms with Crippen LogP contribution < -0.4 is 0 Å². The quantitative estimate of drug-likeness (QED) is 0.151. The maximum Gasteiger partial charge on any atom is 0.236 e. The van der Waals surface area contributed by atoms with Gasteiger partial charge in [-0.15, -0.1) is 0 Å². The molecule has 7 rings (SSSR count). The Bertz CT molecular complexity index is 1800. The van der Waals surface area contributed by atoms with E-state index in [0.717, 1.165) is 22.3 Å². The summed E-state index contributed by atoms with van der Waals surface area (Å²) < 4.78 is 16.8. The SMILES string of the molecule is O=C(CN1CCOCC1)N1CCC2(CC1)c1cc(C#C[C@H]3O[C@H](CO)[C@@H](O)[C@H](O)[C@@H]3O)ccc1-c1ccc(C#C[C@H]3O[C@H](CCO)[C@@H](O)[C@H](O)[C@@H]3O)cc12. The molecule has 54 heavy (non-hydrogen) atoms. The predicted molar refractivity (Wildman–Crippen MR) is 192 cm³/mol. The standard InChI is InChI=1S/C40H48N2O12/c43-16-9-31-36(48)38(50)34(46)29(53-31)7-3-23-1-5-25-26-6-2-24(4-8-30-35(47)39(51)37(49)32(22-44)54-30)20-28(26)40(27(25)19-23)10-12-42(13-11-40)33(45)21-41-14-17-52-18-15-41/h1-2,5-6,19-20,29-32,34-39,43-44,46-51H,9-18,21-22H2/t29-,30-,31-,32-,34-,35-,36-,37-,38-,39-/m1/s1. The van der Waals surface area contributed by atoms with E-state index in [1.165, 1.54) is 0 Å². The van der Waals surface area contributed by atoms with Crippen molar-refractivity contribution in [1.29, 1.82) is 0 Å². The molecule has 5 aliphatic rings. The van der Waals surface area contributed by atoms with E-state index < -0.39 is 73.1 Å². The van der Waals surface area contributed by atoms with Crippen molar-refractivity contribution < 1.29 is 59.9 Å². The largest absolute Gasteiger partial charge is 0.396 e. The second-order valence-corrected chi connectivity index (χ2v) is 14.7. The van der Waals surface area contributed by atoms with E-state index in [9.17, 15) is 45.6 Å². The second kappa shape index (κ2) is 16.3. The number of morpholine rings is 1. The highest BCUT2D eigenvalue weighted by Gasteiger charge is 2.47. The zero-order valence-corrected chi connectivity index (χ0v) is 29.8. The Morgan fingerprint density at radius 1 is 0.704 bits per heavy atom. The monoisotopic (exact) mass is 748 g/mol. The zero-order chi connectivity index (χ0) is 38.1. The maximum absolute atomic E-state index is 13.4. The van der Waals surface area contributed by atoms with E-state index in [-0.39, 0.29) is 18.9 Å². The number of rotatable bonds is 5. The normalized spacial score (nSPS) is 33.2. The molecule has 1 spiro atoms. The average molecular weight is 749 g/mol. The fourth-order valence-electron chi connectivity index (χ4n) is 8.34. The Labute approximate surface area is 313 Å². The van der Waals surface area contributed by atoms with Gasteiger partial charge < -0.3 is 60.0 Å². The summed E-state index contributed by atoms with van der Waals surface area (Å²) in [7, 11) is 0. The highest BCUT2D eigenvalue weighted by Crippen LogP contribution is 2.54. The van der Waals surface area contributed by atoms with E-state index in [4.69, 9.17) is 14.2 Å². The molecule has 4 saturated heterocycles. The van der Waals surface area contributed by atoms with Crippen LogP contribution in [0.4, 0.5) is 0 Å². The lowest BCUT2D eigenvalue weighted by atomic mass is 9.70. The Kier molecular flexibility index (Phi) is 11.7. The molecule has 4 fully saturated rings. The molecule has 4 heterocycles. The van der Waals surface area contributed by atoms with Crippen LogP contribution in [0.15, 0.2) is 36.4 Å². The third-order valence-electron chi connectivity index (χ3n) is 11.5. The number of piperidine rings is 1. The molecular weight excluding hydrogens is 700 g/mol. The fraction of sp³-hybridized carbons (Fsp3) is 0.575. The smallest absolute Gasteiger partial charge is 0.236 e. The minimum atomic E-state index is -1.53.